The van der Waals surface area contributed by atoms with Gasteiger partial charge in [-0.1, -0.05) is 29.8 Å². The predicted molar refractivity (Wildman–Crippen MR) is 60.6 cm³/mol. The van der Waals surface area contributed by atoms with Crippen LogP contribution in [0.15, 0.2) is 42.5 Å². The lowest BCUT2D eigenvalue weighted by atomic mass is 10.1. The molecule has 1 N–H and O–H groups in total. The smallest absolute Gasteiger partial charge is 0.0853 e. The molecule has 2 rings (SSSR count). The third-order valence-electron chi connectivity index (χ3n) is 2.11. The summed E-state index contributed by atoms with van der Waals surface area (Å²) in [5.41, 5.74) is 2.51. The van der Waals surface area contributed by atoms with E-state index in [0.717, 1.165) is 11.3 Å². The number of aliphatic hydroxyl groups excluding tert-OH is 1. The SMILES string of the molecule is OCc1cccc(-c2ccc(Cl)cc2)n1. The summed E-state index contributed by atoms with van der Waals surface area (Å²) in [5.74, 6) is 0. The summed E-state index contributed by atoms with van der Waals surface area (Å²) in [4.78, 5) is 4.30. The summed E-state index contributed by atoms with van der Waals surface area (Å²) in [6.07, 6.45) is 0. The normalized spacial score (nSPS) is 10.3. The van der Waals surface area contributed by atoms with Crippen molar-refractivity contribution in [3.63, 3.8) is 0 Å². The molecule has 0 fully saturated rings. The van der Waals surface area contributed by atoms with Crippen LogP contribution in [0.2, 0.25) is 5.02 Å². The van der Waals surface area contributed by atoms with Gasteiger partial charge in [0, 0.05) is 10.6 Å². The molecule has 15 heavy (non-hydrogen) atoms. The number of benzene rings is 1. The number of rotatable bonds is 2. The number of pyridine rings is 1. The Labute approximate surface area is 93.2 Å². The van der Waals surface area contributed by atoms with Crippen molar-refractivity contribution < 1.29 is 5.11 Å². The largest absolute Gasteiger partial charge is 0.390 e. The Balaban J connectivity index is 2.40. The van der Waals surface area contributed by atoms with E-state index in [9.17, 15) is 0 Å². The van der Waals surface area contributed by atoms with Crippen molar-refractivity contribution in [3.05, 3.63) is 53.2 Å². The lowest BCUT2D eigenvalue weighted by Gasteiger charge is -2.02. The molecule has 0 amide bonds. The van der Waals surface area contributed by atoms with Crippen molar-refractivity contribution in [1.29, 1.82) is 0 Å². The zero-order valence-electron chi connectivity index (χ0n) is 8.02. The first-order chi connectivity index (χ1) is 7.29. The van der Waals surface area contributed by atoms with Gasteiger partial charge in [0.2, 0.25) is 0 Å². The minimum atomic E-state index is -0.0402. The highest BCUT2D eigenvalue weighted by Gasteiger charge is 2.00. The van der Waals surface area contributed by atoms with E-state index in [1.54, 1.807) is 6.07 Å². The maximum Gasteiger partial charge on any atom is 0.0853 e. The number of halogens is 1. The zero-order chi connectivity index (χ0) is 10.7. The first kappa shape index (κ1) is 10.1. The van der Waals surface area contributed by atoms with Gasteiger partial charge in [0.15, 0.2) is 0 Å². The molecule has 0 atom stereocenters. The average molecular weight is 220 g/mol. The van der Waals surface area contributed by atoms with Crippen LogP contribution < -0.4 is 0 Å². The second-order valence-electron chi connectivity index (χ2n) is 3.18. The number of aromatic nitrogens is 1. The Morgan fingerprint density at radius 2 is 1.80 bits per heavy atom. The molecule has 2 nitrogen and oxygen atoms in total. The van der Waals surface area contributed by atoms with E-state index in [-0.39, 0.29) is 6.61 Å². The van der Waals surface area contributed by atoms with Crippen LogP contribution >= 0.6 is 11.6 Å². The van der Waals surface area contributed by atoms with Crippen LogP contribution in [0, 0.1) is 0 Å². The third kappa shape index (κ3) is 2.35. The molecule has 0 saturated heterocycles. The molecule has 0 aliphatic carbocycles. The van der Waals surface area contributed by atoms with E-state index in [0.29, 0.717) is 10.7 Å². The van der Waals surface area contributed by atoms with Crippen molar-refractivity contribution in [2.75, 3.05) is 0 Å². The lowest BCUT2D eigenvalue weighted by Crippen LogP contribution is -1.90. The van der Waals surface area contributed by atoms with E-state index < -0.39 is 0 Å². The molecule has 3 heteroatoms. The highest BCUT2D eigenvalue weighted by atomic mass is 35.5. The van der Waals surface area contributed by atoms with E-state index in [1.807, 2.05) is 36.4 Å². The molecule has 0 saturated carbocycles. The fraction of sp³-hybridized carbons (Fsp3) is 0.0833. The van der Waals surface area contributed by atoms with Crippen LogP contribution in [0.4, 0.5) is 0 Å². The van der Waals surface area contributed by atoms with Gasteiger partial charge in [0.05, 0.1) is 18.0 Å². The Bertz CT molecular complexity index is 453. The van der Waals surface area contributed by atoms with Gasteiger partial charge in [0.25, 0.3) is 0 Å². The van der Waals surface area contributed by atoms with Gasteiger partial charge in [-0.15, -0.1) is 0 Å². The third-order valence-corrected chi connectivity index (χ3v) is 2.36. The molecule has 0 bridgehead atoms. The minimum absolute atomic E-state index is 0.0402. The number of hydrogen-bond donors (Lipinski definition) is 1. The summed E-state index contributed by atoms with van der Waals surface area (Å²) >= 11 is 5.80. The first-order valence-corrected chi connectivity index (χ1v) is 5.00. The summed E-state index contributed by atoms with van der Waals surface area (Å²) in [6.45, 7) is -0.0402. The van der Waals surface area contributed by atoms with Crippen molar-refractivity contribution in [3.8, 4) is 11.3 Å². The summed E-state index contributed by atoms with van der Waals surface area (Å²) in [6, 6.07) is 13.0. The second-order valence-corrected chi connectivity index (χ2v) is 3.62. The Hall–Kier alpha value is -1.38. The van der Waals surface area contributed by atoms with E-state index in [2.05, 4.69) is 4.98 Å². The van der Waals surface area contributed by atoms with E-state index in [4.69, 9.17) is 16.7 Å². The Morgan fingerprint density at radius 1 is 1.07 bits per heavy atom. The average Bonchev–Trinajstić information content (AvgIpc) is 2.30. The molecule has 1 heterocycles. The molecular formula is C12H10ClNO. The van der Waals surface area contributed by atoms with Crippen LogP contribution in [0.1, 0.15) is 5.69 Å². The van der Waals surface area contributed by atoms with Crippen molar-refractivity contribution in [1.82, 2.24) is 4.98 Å². The molecule has 2 aromatic rings. The van der Waals surface area contributed by atoms with Gasteiger partial charge in [-0.2, -0.15) is 0 Å². The fourth-order valence-corrected chi connectivity index (χ4v) is 1.48. The van der Waals surface area contributed by atoms with E-state index in [1.165, 1.54) is 0 Å². The van der Waals surface area contributed by atoms with Crippen LogP contribution in [0.3, 0.4) is 0 Å². The first-order valence-electron chi connectivity index (χ1n) is 4.62. The molecule has 1 aromatic heterocycles. The number of hydrogen-bond acceptors (Lipinski definition) is 2. The van der Waals surface area contributed by atoms with Gasteiger partial charge in [0.1, 0.15) is 0 Å². The molecule has 0 aliphatic rings. The molecule has 1 aromatic carbocycles. The highest BCUT2D eigenvalue weighted by molar-refractivity contribution is 6.30. The monoisotopic (exact) mass is 219 g/mol. The topological polar surface area (TPSA) is 33.1 Å². The van der Waals surface area contributed by atoms with Crippen molar-refractivity contribution >= 4 is 11.6 Å². The maximum absolute atomic E-state index is 8.97. The van der Waals surface area contributed by atoms with Crippen LogP contribution in [-0.2, 0) is 6.61 Å². The summed E-state index contributed by atoms with van der Waals surface area (Å²) in [7, 11) is 0. The standard InChI is InChI=1S/C12H10ClNO/c13-10-6-4-9(5-7-10)12-3-1-2-11(8-15)14-12/h1-7,15H,8H2. The van der Waals surface area contributed by atoms with Crippen LogP contribution in [0.5, 0.6) is 0 Å². The number of nitrogens with zero attached hydrogens (tertiary/aromatic N) is 1. The maximum atomic E-state index is 8.97. The highest BCUT2D eigenvalue weighted by Crippen LogP contribution is 2.19. The van der Waals surface area contributed by atoms with Crippen LogP contribution in [0.25, 0.3) is 11.3 Å². The zero-order valence-corrected chi connectivity index (χ0v) is 8.78. The summed E-state index contributed by atoms with van der Waals surface area (Å²) < 4.78 is 0. The molecule has 0 radical (unpaired) electrons. The van der Waals surface area contributed by atoms with Gasteiger partial charge in [-0.3, -0.25) is 4.98 Å². The van der Waals surface area contributed by atoms with Gasteiger partial charge in [-0.05, 0) is 24.3 Å². The van der Waals surface area contributed by atoms with E-state index >= 15 is 0 Å². The minimum Gasteiger partial charge on any atom is -0.390 e. The van der Waals surface area contributed by atoms with Gasteiger partial charge < -0.3 is 5.11 Å². The van der Waals surface area contributed by atoms with Crippen LogP contribution in [-0.4, -0.2) is 10.1 Å². The molecule has 76 valence electrons. The lowest BCUT2D eigenvalue weighted by molar-refractivity contribution is 0.277. The Kier molecular flexibility index (Phi) is 2.99. The molecule has 0 aliphatic heterocycles. The molecule has 0 spiro atoms. The Morgan fingerprint density at radius 3 is 2.47 bits per heavy atom. The van der Waals surface area contributed by atoms with Gasteiger partial charge in [-0.25, -0.2) is 0 Å². The molecular weight excluding hydrogens is 210 g/mol. The van der Waals surface area contributed by atoms with Gasteiger partial charge >= 0.3 is 0 Å². The number of aliphatic hydroxyl groups is 1. The molecule has 0 unspecified atom stereocenters. The summed E-state index contributed by atoms with van der Waals surface area (Å²) in [5, 5.41) is 9.68. The van der Waals surface area contributed by atoms with Crippen molar-refractivity contribution in [2.24, 2.45) is 0 Å². The predicted octanol–water partition coefficient (Wildman–Crippen LogP) is 2.89. The van der Waals surface area contributed by atoms with Crippen molar-refractivity contribution in [2.45, 2.75) is 6.61 Å². The fourth-order valence-electron chi connectivity index (χ4n) is 1.35. The quantitative estimate of drug-likeness (QED) is 0.843. The second kappa shape index (κ2) is 4.43.